The predicted octanol–water partition coefficient (Wildman–Crippen LogP) is 2.68. The van der Waals surface area contributed by atoms with Crippen molar-refractivity contribution < 1.29 is 9.53 Å². The Morgan fingerprint density at radius 2 is 2.14 bits per heavy atom. The van der Waals surface area contributed by atoms with Gasteiger partial charge in [0.1, 0.15) is 0 Å². The molecule has 0 aliphatic carbocycles. The van der Waals surface area contributed by atoms with Crippen molar-refractivity contribution in [3.8, 4) is 0 Å². The van der Waals surface area contributed by atoms with Crippen molar-refractivity contribution in [2.24, 2.45) is 0 Å². The fourth-order valence-corrected chi connectivity index (χ4v) is 2.41. The molecule has 2 rings (SSSR count). The summed E-state index contributed by atoms with van der Waals surface area (Å²) < 4.78 is 5.13. The molecule has 0 fully saturated rings. The zero-order chi connectivity index (χ0) is 15.2. The number of carbonyl (C=O) groups excluding carboxylic acids is 1. The van der Waals surface area contributed by atoms with Gasteiger partial charge in [-0.2, -0.15) is 0 Å². The molecule has 4 nitrogen and oxygen atoms in total. The molecule has 0 spiro atoms. The van der Waals surface area contributed by atoms with Crippen LogP contribution < -0.4 is 5.32 Å². The van der Waals surface area contributed by atoms with Crippen LogP contribution in [-0.4, -0.2) is 30.7 Å². The molecule has 0 saturated heterocycles. The third-order valence-electron chi connectivity index (χ3n) is 3.43. The SMILES string of the molecule is CCOC(=O)c1ccccc1CN1C=C(C)C=CC1NC. The Bertz CT molecular complexity index is 564. The highest BCUT2D eigenvalue weighted by Crippen LogP contribution is 2.18. The largest absolute Gasteiger partial charge is 0.462 e. The summed E-state index contributed by atoms with van der Waals surface area (Å²) in [6, 6.07) is 7.60. The maximum Gasteiger partial charge on any atom is 0.338 e. The summed E-state index contributed by atoms with van der Waals surface area (Å²) in [7, 11) is 1.92. The lowest BCUT2D eigenvalue weighted by atomic mass is 10.1. The topological polar surface area (TPSA) is 41.6 Å². The molecule has 1 aliphatic heterocycles. The molecule has 1 atom stereocenters. The van der Waals surface area contributed by atoms with Crippen molar-refractivity contribution >= 4 is 5.97 Å². The van der Waals surface area contributed by atoms with E-state index >= 15 is 0 Å². The van der Waals surface area contributed by atoms with E-state index in [1.54, 1.807) is 0 Å². The number of esters is 1. The molecular weight excluding hydrogens is 264 g/mol. The van der Waals surface area contributed by atoms with Crippen LogP contribution in [0, 0.1) is 0 Å². The van der Waals surface area contributed by atoms with Gasteiger partial charge in [0, 0.05) is 12.7 Å². The van der Waals surface area contributed by atoms with E-state index in [9.17, 15) is 4.79 Å². The molecule has 112 valence electrons. The fraction of sp³-hybridized carbons (Fsp3) is 0.353. The molecule has 1 aromatic rings. The zero-order valence-corrected chi connectivity index (χ0v) is 12.8. The highest BCUT2D eigenvalue weighted by molar-refractivity contribution is 5.91. The predicted molar refractivity (Wildman–Crippen MR) is 83.7 cm³/mol. The number of nitrogens with zero attached hydrogens (tertiary/aromatic N) is 1. The van der Waals surface area contributed by atoms with E-state index in [-0.39, 0.29) is 12.1 Å². The van der Waals surface area contributed by atoms with Gasteiger partial charge in [0.25, 0.3) is 0 Å². The lowest BCUT2D eigenvalue weighted by molar-refractivity contribution is 0.0524. The summed E-state index contributed by atoms with van der Waals surface area (Å²) in [6.07, 6.45) is 6.43. The monoisotopic (exact) mass is 286 g/mol. The van der Waals surface area contributed by atoms with Crippen LogP contribution >= 0.6 is 0 Å². The quantitative estimate of drug-likeness (QED) is 0.845. The van der Waals surface area contributed by atoms with Crippen molar-refractivity contribution in [2.75, 3.05) is 13.7 Å². The number of likely N-dealkylation sites (N-methyl/N-ethyl adjacent to an activating group) is 1. The third kappa shape index (κ3) is 3.73. The first-order valence-electron chi connectivity index (χ1n) is 7.20. The number of rotatable bonds is 5. The summed E-state index contributed by atoms with van der Waals surface area (Å²) in [5.74, 6) is -0.262. The van der Waals surface area contributed by atoms with Gasteiger partial charge < -0.3 is 9.64 Å². The highest BCUT2D eigenvalue weighted by Gasteiger charge is 2.18. The van der Waals surface area contributed by atoms with E-state index in [0.717, 1.165) is 5.56 Å². The second kappa shape index (κ2) is 7.09. The van der Waals surface area contributed by atoms with E-state index < -0.39 is 0 Å². The van der Waals surface area contributed by atoms with E-state index in [0.29, 0.717) is 18.7 Å². The first-order valence-corrected chi connectivity index (χ1v) is 7.20. The van der Waals surface area contributed by atoms with Gasteiger partial charge in [-0.15, -0.1) is 0 Å². The van der Waals surface area contributed by atoms with Crippen LogP contribution in [0.5, 0.6) is 0 Å². The van der Waals surface area contributed by atoms with E-state index in [2.05, 4.69) is 35.5 Å². The van der Waals surface area contributed by atoms with Crippen molar-refractivity contribution in [3.05, 3.63) is 59.3 Å². The molecule has 1 heterocycles. The molecule has 4 heteroatoms. The normalized spacial score (nSPS) is 17.6. The molecule has 1 aliphatic rings. The number of carbonyl (C=O) groups is 1. The van der Waals surface area contributed by atoms with Crippen LogP contribution in [0.4, 0.5) is 0 Å². The van der Waals surface area contributed by atoms with Crippen molar-refractivity contribution in [1.29, 1.82) is 0 Å². The molecule has 0 aromatic heterocycles. The molecule has 1 unspecified atom stereocenters. The number of hydrogen-bond acceptors (Lipinski definition) is 4. The minimum absolute atomic E-state index is 0.129. The van der Waals surface area contributed by atoms with Crippen LogP contribution in [-0.2, 0) is 11.3 Å². The Morgan fingerprint density at radius 3 is 2.86 bits per heavy atom. The van der Waals surface area contributed by atoms with Crippen LogP contribution in [0.3, 0.4) is 0 Å². The standard InChI is InChI=1S/C17H22N2O2/c1-4-21-17(20)15-8-6-5-7-14(15)12-19-11-13(2)9-10-16(19)18-3/h5-11,16,18H,4,12H2,1-3H3. The first kappa shape index (κ1) is 15.3. The third-order valence-corrected chi connectivity index (χ3v) is 3.43. The number of nitrogens with one attached hydrogen (secondary N) is 1. The zero-order valence-electron chi connectivity index (χ0n) is 12.8. The minimum Gasteiger partial charge on any atom is -0.462 e. The Balaban J connectivity index is 2.23. The average Bonchev–Trinajstić information content (AvgIpc) is 2.48. The van der Waals surface area contributed by atoms with Gasteiger partial charge >= 0.3 is 5.97 Å². The Morgan fingerprint density at radius 1 is 1.38 bits per heavy atom. The molecule has 0 amide bonds. The van der Waals surface area contributed by atoms with Gasteiger partial charge in [0.05, 0.1) is 18.3 Å². The van der Waals surface area contributed by atoms with Gasteiger partial charge in [0.15, 0.2) is 0 Å². The molecule has 21 heavy (non-hydrogen) atoms. The average molecular weight is 286 g/mol. The maximum atomic E-state index is 12.0. The van der Waals surface area contributed by atoms with E-state index in [1.165, 1.54) is 5.57 Å². The number of hydrogen-bond donors (Lipinski definition) is 1. The molecule has 0 saturated carbocycles. The summed E-state index contributed by atoms with van der Waals surface area (Å²) in [4.78, 5) is 14.2. The van der Waals surface area contributed by atoms with Gasteiger partial charge in [-0.25, -0.2) is 4.79 Å². The van der Waals surface area contributed by atoms with E-state index in [1.807, 2.05) is 38.2 Å². The van der Waals surface area contributed by atoms with E-state index in [4.69, 9.17) is 4.74 Å². The maximum absolute atomic E-state index is 12.0. The molecule has 1 aromatic carbocycles. The summed E-state index contributed by atoms with van der Waals surface area (Å²) in [5, 5.41) is 3.25. The Labute approximate surface area is 126 Å². The molecule has 1 N–H and O–H groups in total. The molecule has 0 bridgehead atoms. The molecule has 0 radical (unpaired) electrons. The van der Waals surface area contributed by atoms with Crippen LogP contribution in [0.2, 0.25) is 0 Å². The smallest absolute Gasteiger partial charge is 0.338 e. The van der Waals surface area contributed by atoms with Gasteiger partial charge in [-0.3, -0.25) is 5.32 Å². The van der Waals surface area contributed by atoms with Gasteiger partial charge in [0.2, 0.25) is 0 Å². The number of ether oxygens (including phenoxy) is 1. The summed E-state index contributed by atoms with van der Waals surface area (Å²) in [5.41, 5.74) is 2.79. The van der Waals surface area contributed by atoms with Crippen LogP contribution in [0.25, 0.3) is 0 Å². The minimum atomic E-state index is -0.262. The van der Waals surface area contributed by atoms with Gasteiger partial charge in [-0.05, 0) is 44.2 Å². The lowest BCUT2D eigenvalue weighted by Crippen LogP contribution is -2.40. The molecular formula is C17H22N2O2. The van der Waals surface area contributed by atoms with Crippen molar-refractivity contribution in [1.82, 2.24) is 10.2 Å². The first-order chi connectivity index (χ1) is 10.2. The second-order valence-electron chi connectivity index (χ2n) is 5.02. The van der Waals surface area contributed by atoms with Crippen molar-refractivity contribution in [3.63, 3.8) is 0 Å². The summed E-state index contributed by atoms with van der Waals surface area (Å²) in [6.45, 7) is 4.92. The number of benzene rings is 1. The van der Waals surface area contributed by atoms with Gasteiger partial charge in [-0.1, -0.05) is 24.3 Å². The Hall–Kier alpha value is -2.07. The number of allylic oxidation sites excluding steroid dienone is 2. The highest BCUT2D eigenvalue weighted by atomic mass is 16.5. The fourth-order valence-electron chi connectivity index (χ4n) is 2.41. The second-order valence-corrected chi connectivity index (χ2v) is 5.02. The van der Waals surface area contributed by atoms with Crippen molar-refractivity contribution in [2.45, 2.75) is 26.6 Å². The van der Waals surface area contributed by atoms with Crippen LogP contribution in [0.15, 0.2) is 48.2 Å². The van der Waals surface area contributed by atoms with Crippen LogP contribution in [0.1, 0.15) is 29.8 Å². The lowest BCUT2D eigenvalue weighted by Gasteiger charge is -2.31. The summed E-state index contributed by atoms with van der Waals surface area (Å²) >= 11 is 0. The Kier molecular flexibility index (Phi) is 5.17.